The first kappa shape index (κ1) is 15.5. The number of carbonyl (C=O) groups is 1. The Bertz CT molecular complexity index is 489. The van der Waals surface area contributed by atoms with E-state index in [4.69, 9.17) is 5.73 Å². The minimum atomic E-state index is 0.124. The molecule has 4 heteroatoms. The van der Waals surface area contributed by atoms with Crippen molar-refractivity contribution in [2.24, 2.45) is 11.7 Å². The summed E-state index contributed by atoms with van der Waals surface area (Å²) < 4.78 is 0.987. The van der Waals surface area contributed by atoms with E-state index >= 15 is 0 Å². The third kappa shape index (κ3) is 3.07. The van der Waals surface area contributed by atoms with E-state index in [1.807, 2.05) is 36.9 Å². The summed E-state index contributed by atoms with van der Waals surface area (Å²) in [6, 6.07) is 6.13. The van der Waals surface area contributed by atoms with Crippen LogP contribution in [-0.2, 0) is 0 Å². The number of carbonyl (C=O) groups excluding carboxylic acids is 1. The third-order valence-electron chi connectivity index (χ3n) is 4.34. The zero-order valence-electron chi connectivity index (χ0n) is 12.2. The highest BCUT2D eigenvalue weighted by atomic mass is 79.9. The fraction of sp³-hybridized carbons (Fsp3) is 0.562. The van der Waals surface area contributed by atoms with Crippen LogP contribution >= 0.6 is 15.9 Å². The van der Waals surface area contributed by atoms with E-state index in [9.17, 15) is 4.79 Å². The monoisotopic (exact) mass is 338 g/mol. The lowest BCUT2D eigenvalue weighted by atomic mass is 10.0. The number of hydrogen-bond donors (Lipinski definition) is 1. The Labute approximate surface area is 129 Å². The van der Waals surface area contributed by atoms with Crippen LogP contribution in [0.15, 0.2) is 22.7 Å². The van der Waals surface area contributed by atoms with E-state index in [2.05, 4.69) is 15.9 Å². The molecule has 0 bridgehead atoms. The van der Waals surface area contributed by atoms with Gasteiger partial charge < -0.3 is 10.6 Å². The number of nitrogens with zero attached hydrogens (tertiary/aromatic N) is 1. The summed E-state index contributed by atoms with van der Waals surface area (Å²) in [5, 5.41) is 0. The molecule has 1 amide bonds. The molecule has 0 aromatic heterocycles. The molecule has 1 aliphatic rings. The Morgan fingerprint density at radius 2 is 2.20 bits per heavy atom. The van der Waals surface area contributed by atoms with Crippen molar-refractivity contribution in [3.05, 3.63) is 33.8 Å². The Hall–Kier alpha value is -0.870. The highest BCUT2D eigenvalue weighted by Crippen LogP contribution is 2.30. The summed E-state index contributed by atoms with van der Waals surface area (Å²) >= 11 is 3.50. The predicted molar refractivity (Wildman–Crippen MR) is 85.8 cm³/mol. The summed E-state index contributed by atoms with van der Waals surface area (Å²) in [5.74, 6) is 0.575. The fourth-order valence-corrected chi connectivity index (χ4v) is 3.50. The minimum absolute atomic E-state index is 0.124. The molecule has 0 heterocycles. The zero-order chi connectivity index (χ0) is 14.7. The van der Waals surface area contributed by atoms with Crippen LogP contribution in [0.3, 0.4) is 0 Å². The van der Waals surface area contributed by atoms with E-state index in [0.29, 0.717) is 18.5 Å². The normalized spacial score (nSPS) is 22.0. The summed E-state index contributed by atoms with van der Waals surface area (Å²) in [4.78, 5) is 14.8. The number of nitrogens with two attached hydrogens (primary N) is 1. The lowest BCUT2D eigenvalue weighted by molar-refractivity contribution is 0.0652. The van der Waals surface area contributed by atoms with E-state index in [1.165, 1.54) is 6.42 Å². The van der Waals surface area contributed by atoms with Gasteiger partial charge in [-0.05, 0) is 56.8 Å². The van der Waals surface area contributed by atoms with Crippen molar-refractivity contribution in [1.82, 2.24) is 4.90 Å². The Kier molecular flexibility index (Phi) is 5.22. The fourth-order valence-electron chi connectivity index (χ4n) is 3.12. The molecule has 1 aromatic rings. The maximum atomic E-state index is 12.8. The molecule has 0 radical (unpaired) electrons. The molecule has 0 saturated heterocycles. The van der Waals surface area contributed by atoms with Crippen molar-refractivity contribution in [2.45, 2.75) is 39.2 Å². The Morgan fingerprint density at radius 3 is 2.80 bits per heavy atom. The van der Waals surface area contributed by atoms with Gasteiger partial charge in [0, 0.05) is 22.6 Å². The smallest absolute Gasteiger partial charge is 0.254 e. The van der Waals surface area contributed by atoms with Crippen LogP contribution in [0.25, 0.3) is 0 Å². The van der Waals surface area contributed by atoms with Gasteiger partial charge >= 0.3 is 0 Å². The number of amides is 1. The van der Waals surface area contributed by atoms with Gasteiger partial charge in [-0.25, -0.2) is 0 Å². The molecule has 2 N–H and O–H groups in total. The summed E-state index contributed by atoms with van der Waals surface area (Å²) in [7, 11) is 0. The van der Waals surface area contributed by atoms with Crippen LogP contribution in [0.4, 0.5) is 0 Å². The van der Waals surface area contributed by atoms with Crippen molar-refractivity contribution in [2.75, 3.05) is 13.1 Å². The molecule has 3 nitrogen and oxygen atoms in total. The molecule has 2 unspecified atom stereocenters. The second-order valence-corrected chi connectivity index (χ2v) is 6.40. The lowest BCUT2D eigenvalue weighted by Crippen LogP contribution is -2.44. The van der Waals surface area contributed by atoms with Crippen LogP contribution in [0.1, 0.15) is 42.1 Å². The maximum absolute atomic E-state index is 12.8. The van der Waals surface area contributed by atoms with Gasteiger partial charge in [0.25, 0.3) is 5.91 Å². The van der Waals surface area contributed by atoms with Gasteiger partial charge in [0.05, 0.1) is 0 Å². The lowest BCUT2D eigenvalue weighted by Gasteiger charge is -2.32. The highest BCUT2D eigenvalue weighted by Gasteiger charge is 2.33. The molecule has 1 fully saturated rings. The maximum Gasteiger partial charge on any atom is 0.254 e. The van der Waals surface area contributed by atoms with Crippen molar-refractivity contribution in [3.8, 4) is 0 Å². The second kappa shape index (κ2) is 6.72. The highest BCUT2D eigenvalue weighted by molar-refractivity contribution is 9.10. The summed E-state index contributed by atoms with van der Waals surface area (Å²) in [6.07, 6.45) is 3.39. The number of aryl methyl sites for hydroxylation is 1. The molecular formula is C16H23BrN2O. The van der Waals surface area contributed by atoms with Crippen LogP contribution in [0, 0.1) is 12.8 Å². The molecule has 110 valence electrons. The molecule has 1 aromatic carbocycles. The van der Waals surface area contributed by atoms with E-state index in [1.54, 1.807) is 0 Å². The first-order valence-corrected chi connectivity index (χ1v) is 8.15. The Morgan fingerprint density at radius 1 is 1.45 bits per heavy atom. The van der Waals surface area contributed by atoms with Crippen molar-refractivity contribution < 1.29 is 4.79 Å². The largest absolute Gasteiger partial charge is 0.336 e. The number of rotatable bonds is 4. The van der Waals surface area contributed by atoms with Gasteiger partial charge in [-0.1, -0.05) is 28.4 Å². The minimum Gasteiger partial charge on any atom is -0.336 e. The zero-order valence-corrected chi connectivity index (χ0v) is 13.8. The Balaban J connectivity index is 2.22. The van der Waals surface area contributed by atoms with Crippen LogP contribution in [0.5, 0.6) is 0 Å². The van der Waals surface area contributed by atoms with Crippen molar-refractivity contribution in [3.63, 3.8) is 0 Å². The second-order valence-electron chi connectivity index (χ2n) is 5.55. The molecule has 1 aliphatic carbocycles. The first-order chi connectivity index (χ1) is 9.58. The van der Waals surface area contributed by atoms with Gasteiger partial charge in [-0.3, -0.25) is 4.79 Å². The molecule has 0 spiro atoms. The van der Waals surface area contributed by atoms with Crippen LogP contribution in [0.2, 0.25) is 0 Å². The molecule has 1 saturated carbocycles. The molecule has 2 rings (SSSR count). The predicted octanol–water partition coefficient (Wildman–Crippen LogP) is 3.35. The van der Waals surface area contributed by atoms with E-state index < -0.39 is 0 Å². The van der Waals surface area contributed by atoms with Gasteiger partial charge in [0.15, 0.2) is 0 Å². The van der Waals surface area contributed by atoms with E-state index in [0.717, 1.165) is 35.0 Å². The molecule has 2 atom stereocenters. The van der Waals surface area contributed by atoms with Gasteiger partial charge in [0.2, 0.25) is 0 Å². The molecular weight excluding hydrogens is 316 g/mol. The van der Waals surface area contributed by atoms with Crippen LogP contribution < -0.4 is 5.73 Å². The van der Waals surface area contributed by atoms with E-state index in [-0.39, 0.29) is 5.91 Å². The van der Waals surface area contributed by atoms with Gasteiger partial charge in [0.1, 0.15) is 0 Å². The number of hydrogen-bond acceptors (Lipinski definition) is 2. The van der Waals surface area contributed by atoms with Crippen molar-refractivity contribution >= 4 is 21.8 Å². The van der Waals surface area contributed by atoms with Crippen molar-refractivity contribution in [1.29, 1.82) is 0 Å². The third-order valence-corrected chi connectivity index (χ3v) is 5.20. The average Bonchev–Trinajstić information content (AvgIpc) is 2.91. The summed E-state index contributed by atoms with van der Waals surface area (Å²) in [5.41, 5.74) is 7.75. The molecule has 20 heavy (non-hydrogen) atoms. The van der Waals surface area contributed by atoms with Gasteiger partial charge in [-0.2, -0.15) is 0 Å². The SMILES string of the molecule is CCN(C(=O)c1ccc(C)c(Br)c1)C1CCCC1CN. The number of halogens is 1. The number of benzene rings is 1. The first-order valence-electron chi connectivity index (χ1n) is 7.35. The average molecular weight is 339 g/mol. The summed E-state index contributed by atoms with van der Waals surface area (Å²) in [6.45, 7) is 5.49. The molecule has 0 aliphatic heterocycles. The standard InChI is InChI=1S/C16H23BrN2O/c1-3-19(15-6-4-5-13(15)10-18)16(20)12-8-7-11(2)14(17)9-12/h7-9,13,15H,3-6,10,18H2,1-2H3. The van der Waals surface area contributed by atoms with Gasteiger partial charge in [-0.15, -0.1) is 0 Å². The topological polar surface area (TPSA) is 46.3 Å². The quantitative estimate of drug-likeness (QED) is 0.914. The van der Waals surface area contributed by atoms with Crippen LogP contribution in [-0.4, -0.2) is 29.9 Å².